The van der Waals surface area contributed by atoms with Crippen LogP contribution >= 0.6 is 0 Å². The molecule has 1 aliphatic carbocycles. The molecule has 0 unspecified atom stereocenters. The van der Waals surface area contributed by atoms with Crippen molar-refractivity contribution < 1.29 is 14.7 Å². The van der Waals surface area contributed by atoms with Crippen LogP contribution in [0.2, 0.25) is 0 Å². The van der Waals surface area contributed by atoms with E-state index in [2.05, 4.69) is 6.92 Å². The minimum atomic E-state index is -0.790. The standard InChI is InChI=1S/C16H29NO3/c1-3-4-6-13-8-10-14(11-9-13)16(20)17(2)12-5-7-15(18)19/h13-14H,3-12H2,1-2H3,(H,18,19). The summed E-state index contributed by atoms with van der Waals surface area (Å²) in [5, 5.41) is 8.61. The van der Waals surface area contributed by atoms with Gasteiger partial charge in [-0.15, -0.1) is 0 Å². The van der Waals surface area contributed by atoms with Crippen molar-refractivity contribution in [2.75, 3.05) is 13.6 Å². The van der Waals surface area contributed by atoms with Gasteiger partial charge in [0, 0.05) is 25.9 Å². The first kappa shape index (κ1) is 17.0. The fraction of sp³-hybridized carbons (Fsp3) is 0.875. The molecule has 0 atom stereocenters. The molecule has 0 saturated heterocycles. The summed E-state index contributed by atoms with van der Waals surface area (Å²) in [7, 11) is 1.80. The van der Waals surface area contributed by atoms with E-state index in [4.69, 9.17) is 5.11 Å². The number of aliphatic carboxylic acids is 1. The highest BCUT2D eigenvalue weighted by Gasteiger charge is 2.27. The zero-order valence-electron chi connectivity index (χ0n) is 12.9. The lowest BCUT2D eigenvalue weighted by molar-refractivity contribution is -0.139. The van der Waals surface area contributed by atoms with E-state index in [0.29, 0.717) is 13.0 Å². The van der Waals surface area contributed by atoms with Crippen molar-refractivity contribution in [3.63, 3.8) is 0 Å². The van der Waals surface area contributed by atoms with Gasteiger partial charge in [0.2, 0.25) is 5.91 Å². The first-order valence-electron chi connectivity index (χ1n) is 8.01. The first-order chi connectivity index (χ1) is 9.54. The number of carbonyl (C=O) groups excluding carboxylic acids is 1. The zero-order chi connectivity index (χ0) is 15.0. The van der Waals surface area contributed by atoms with Crippen molar-refractivity contribution in [2.24, 2.45) is 11.8 Å². The Morgan fingerprint density at radius 2 is 1.80 bits per heavy atom. The molecule has 0 aromatic rings. The van der Waals surface area contributed by atoms with E-state index in [1.165, 1.54) is 32.1 Å². The van der Waals surface area contributed by atoms with Crippen molar-refractivity contribution in [2.45, 2.75) is 64.7 Å². The summed E-state index contributed by atoms with van der Waals surface area (Å²) in [5.41, 5.74) is 0. The topological polar surface area (TPSA) is 57.6 Å². The Hall–Kier alpha value is -1.06. The van der Waals surface area contributed by atoms with Crippen molar-refractivity contribution in [3.8, 4) is 0 Å². The molecule has 0 aliphatic heterocycles. The molecule has 1 amide bonds. The molecule has 1 fully saturated rings. The average molecular weight is 283 g/mol. The van der Waals surface area contributed by atoms with Crippen LogP contribution in [0.4, 0.5) is 0 Å². The van der Waals surface area contributed by atoms with Crippen molar-refractivity contribution in [1.29, 1.82) is 0 Å². The van der Waals surface area contributed by atoms with Gasteiger partial charge in [0.05, 0.1) is 0 Å². The van der Waals surface area contributed by atoms with E-state index >= 15 is 0 Å². The largest absolute Gasteiger partial charge is 0.481 e. The SMILES string of the molecule is CCCCC1CCC(C(=O)N(C)CCCC(=O)O)CC1. The summed E-state index contributed by atoms with van der Waals surface area (Å²) < 4.78 is 0. The summed E-state index contributed by atoms with van der Waals surface area (Å²) >= 11 is 0. The molecule has 1 saturated carbocycles. The lowest BCUT2D eigenvalue weighted by atomic mass is 9.79. The zero-order valence-corrected chi connectivity index (χ0v) is 12.9. The number of nitrogens with zero attached hydrogens (tertiary/aromatic N) is 1. The molecule has 0 radical (unpaired) electrons. The highest BCUT2D eigenvalue weighted by molar-refractivity contribution is 5.78. The molecular weight excluding hydrogens is 254 g/mol. The van der Waals surface area contributed by atoms with Crippen LogP contribution in [-0.2, 0) is 9.59 Å². The van der Waals surface area contributed by atoms with Crippen LogP contribution in [0.25, 0.3) is 0 Å². The molecule has 20 heavy (non-hydrogen) atoms. The third-order valence-corrected chi connectivity index (χ3v) is 4.42. The Kier molecular flexibility index (Phi) is 7.63. The minimum absolute atomic E-state index is 0.140. The second-order valence-electron chi connectivity index (χ2n) is 6.12. The number of unbranched alkanes of at least 4 members (excludes halogenated alkanes) is 1. The Bertz CT molecular complexity index is 309. The summed E-state index contributed by atoms with van der Waals surface area (Å²) in [6.07, 6.45) is 8.94. The van der Waals surface area contributed by atoms with E-state index in [0.717, 1.165) is 18.8 Å². The van der Waals surface area contributed by atoms with E-state index < -0.39 is 5.97 Å². The smallest absolute Gasteiger partial charge is 0.303 e. The van der Waals surface area contributed by atoms with Gasteiger partial charge in [-0.2, -0.15) is 0 Å². The Morgan fingerprint density at radius 1 is 1.15 bits per heavy atom. The number of carbonyl (C=O) groups is 2. The van der Waals surface area contributed by atoms with Crippen LogP contribution in [0.3, 0.4) is 0 Å². The molecular formula is C16H29NO3. The van der Waals surface area contributed by atoms with Crippen LogP contribution in [0.15, 0.2) is 0 Å². The predicted octanol–water partition coefficient (Wildman–Crippen LogP) is 3.31. The molecule has 0 spiro atoms. The van der Waals surface area contributed by atoms with Gasteiger partial charge in [0.1, 0.15) is 0 Å². The normalized spacial score (nSPS) is 22.5. The molecule has 1 N–H and O–H groups in total. The van der Waals surface area contributed by atoms with Gasteiger partial charge in [0.15, 0.2) is 0 Å². The van der Waals surface area contributed by atoms with Gasteiger partial charge in [-0.1, -0.05) is 26.2 Å². The van der Waals surface area contributed by atoms with Crippen molar-refractivity contribution in [1.82, 2.24) is 4.90 Å². The molecule has 4 nitrogen and oxygen atoms in total. The van der Waals surface area contributed by atoms with Gasteiger partial charge >= 0.3 is 5.97 Å². The monoisotopic (exact) mass is 283 g/mol. The Balaban J connectivity index is 2.25. The Labute approximate surface area is 122 Å². The van der Waals surface area contributed by atoms with Gasteiger partial charge in [-0.3, -0.25) is 9.59 Å². The summed E-state index contributed by atoms with van der Waals surface area (Å²) in [4.78, 5) is 24.5. The average Bonchev–Trinajstić information content (AvgIpc) is 2.44. The van der Waals surface area contributed by atoms with Crippen LogP contribution in [0.5, 0.6) is 0 Å². The third-order valence-electron chi connectivity index (χ3n) is 4.42. The summed E-state index contributed by atoms with van der Waals surface area (Å²) in [6, 6.07) is 0. The molecule has 0 bridgehead atoms. The van der Waals surface area contributed by atoms with Crippen LogP contribution in [-0.4, -0.2) is 35.5 Å². The van der Waals surface area contributed by atoms with E-state index in [1.807, 2.05) is 0 Å². The first-order valence-corrected chi connectivity index (χ1v) is 8.01. The molecule has 0 aromatic heterocycles. The maximum absolute atomic E-state index is 12.3. The van der Waals surface area contributed by atoms with E-state index in [1.54, 1.807) is 11.9 Å². The fourth-order valence-corrected chi connectivity index (χ4v) is 3.08. The van der Waals surface area contributed by atoms with E-state index in [-0.39, 0.29) is 18.2 Å². The van der Waals surface area contributed by atoms with Crippen LogP contribution < -0.4 is 0 Å². The predicted molar refractivity (Wildman–Crippen MR) is 79.5 cm³/mol. The van der Waals surface area contributed by atoms with E-state index in [9.17, 15) is 9.59 Å². The second kappa shape index (κ2) is 8.98. The van der Waals surface area contributed by atoms with Crippen LogP contribution in [0, 0.1) is 11.8 Å². The highest BCUT2D eigenvalue weighted by Crippen LogP contribution is 2.32. The van der Waals surface area contributed by atoms with Gasteiger partial charge in [0.25, 0.3) is 0 Å². The molecule has 1 rings (SSSR count). The lowest BCUT2D eigenvalue weighted by Gasteiger charge is -2.30. The summed E-state index contributed by atoms with van der Waals surface area (Å²) in [6.45, 7) is 2.78. The Morgan fingerprint density at radius 3 is 2.35 bits per heavy atom. The number of amides is 1. The molecule has 4 heteroatoms. The maximum Gasteiger partial charge on any atom is 0.303 e. The summed E-state index contributed by atoms with van der Waals surface area (Å²) in [5.74, 6) is 0.408. The van der Waals surface area contributed by atoms with Crippen molar-refractivity contribution >= 4 is 11.9 Å². The quantitative estimate of drug-likeness (QED) is 0.743. The third kappa shape index (κ3) is 5.93. The molecule has 0 heterocycles. The van der Waals surface area contributed by atoms with Gasteiger partial charge < -0.3 is 10.0 Å². The number of carboxylic acid groups (broad SMARTS) is 1. The number of hydrogen-bond donors (Lipinski definition) is 1. The van der Waals surface area contributed by atoms with Crippen molar-refractivity contribution in [3.05, 3.63) is 0 Å². The second-order valence-corrected chi connectivity index (χ2v) is 6.12. The lowest BCUT2D eigenvalue weighted by Crippen LogP contribution is -2.35. The highest BCUT2D eigenvalue weighted by atomic mass is 16.4. The maximum atomic E-state index is 12.3. The molecule has 1 aliphatic rings. The number of hydrogen-bond acceptors (Lipinski definition) is 2. The fourth-order valence-electron chi connectivity index (χ4n) is 3.08. The van der Waals surface area contributed by atoms with Gasteiger partial charge in [-0.25, -0.2) is 0 Å². The van der Waals surface area contributed by atoms with Gasteiger partial charge in [-0.05, 0) is 38.0 Å². The number of carboxylic acids is 1. The number of rotatable bonds is 8. The minimum Gasteiger partial charge on any atom is -0.481 e. The molecule has 0 aromatic carbocycles. The molecule has 116 valence electrons. The van der Waals surface area contributed by atoms with Crippen LogP contribution in [0.1, 0.15) is 64.7 Å².